The molecule has 2 rings (SSSR count). The van der Waals surface area contributed by atoms with Crippen LogP contribution < -0.4 is 5.32 Å². The van der Waals surface area contributed by atoms with Crippen molar-refractivity contribution in [2.45, 2.75) is 19.9 Å². The van der Waals surface area contributed by atoms with Crippen LogP contribution in [0, 0.1) is 5.41 Å². The minimum absolute atomic E-state index is 0.0864. The van der Waals surface area contributed by atoms with Gasteiger partial charge in [-0.05, 0) is 11.1 Å². The number of ether oxygens (including phenoxy) is 1. The minimum Gasteiger partial charge on any atom is -0.481 e. The number of nitrogens with one attached hydrogen (secondary N) is 1. The minimum atomic E-state index is -0.793. The van der Waals surface area contributed by atoms with Crippen LogP contribution in [0.1, 0.15) is 18.1 Å². The molecule has 4 heteroatoms. The molecule has 0 aliphatic carbocycles. The smallest absolute Gasteiger partial charge is 0.307 e. The predicted octanol–water partition coefficient (Wildman–Crippen LogP) is 1.44. The van der Waals surface area contributed by atoms with E-state index in [4.69, 9.17) is 9.84 Å². The molecular weight excluding hydrogens is 230 g/mol. The van der Waals surface area contributed by atoms with Crippen LogP contribution in [-0.2, 0) is 22.5 Å². The SMILES string of the molecule is CC1(CNCc2ccc(CC(=O)O)cc2)COC1. The van der Waals surface area contributed by atoms with E-state index in [1.165, 1.54) is 5.56 Å². The molecule has 0 atom stereocenters. The Kier molecular flexibility index (Phi) is 3.99. The van der Waals surface area contributed by atoms with Crippen molar-refractivity contribution in [3.05, 3.63) is 35.4 Å². The van der Waals surface area contributed by atoms with Crippen LogP contribution in [0.5, 0.6) is 0 Å². The first kappa shape index (κ1) is 13.1. The molecule has 0 bridgehead atoms. The summed E-state index contributed by atoms with van der Waals surface area (Å²) in [5.41, 5.74) is 2.29. The number of aliphatic carboxylic acids is 1. The van der Waals surface area contributed by atoms with Gasteiger partial charge in [0, 0.05) is 18.5 Å². The summed E-state index contributed by atoms with van der Waals surface area (Å²) in [6.07, 6.45) is 0.0864. The molecule has 98 valence electrons. The molecule has 0 aromatic heterocycles. The molecule has 4 nitrogen and oxygen atoms in total. The number of benzene rings is 1. The topological polar surface area (TPSA) is 58.6 Å². The first-order valence-corrected chi connectivity index (χ1v) is 6.15. The van der Waals surface area contributed by atoms with Gasteiger partial charge >= 0.3 is 5.97 Å². The Balaban J connectivity index is 1.77. The predicted molar refractivity (Wildman–Crippen MR) is 68.4 cm³/mol. The first-order chi connectivity index (χ1) is 8.57. The van der Waals surface area contributed by atoms with Gasteiger partial charge in [-0.2, -0.15) is 0 Å². The molecule has 1 aliphatic rings. The van der Waals surface area contributed by atoms with E-state index in [-0.39, 0.29) is 11.8 Å². The number of hydrogen-bond acceptors (Lipinski definition) is 3. The van der Waals surface area contributed by atoms with Crippen LogP contribution in [0.15, 0.2) is 24.3 Å². The Morgan fingerprint density at radius 1 is 1.33 bits per heavy atom. The molecule has 1 aliphatic heterocycles. The first-order valence-electron chi connectivity index (χ1n) is 6.15. The third kappa shape index (κ3) is 3.55. The number of carboxylic acid groups (broad SMARTS) is 1. The second-order valence-electron chi connectivity index (χ2n) is 5.29. The Bertz CT molecular complexity index is 410. The van der Waals surface area contributed by atoms with Crippen LogP contribution in [-0.4, -0.2) is 30.8 Å². The van der Waals surface area contributed by atoms with E-state index in [0.717, 1.165) is 31.9 Å². The standard InChI is InChI=1S/C14H19NO3/c1-14(9-18-10-14)8-15-7-12-4-2-11(3-5-12)6-13(16)17/h2-5,15H,6-10H2,1H3,(H,16,17). The normalized spacial score (nSPS) is 17.2. The summed E-state index contributed by atoms with van der Waals surface area (Å²) >= 11 is 0. The van der Waals surface area contributed by atoms with Gasteiger partial charge in [-0.15, -0.1) is 0 Å². The number of carboxylic acids is 1. The molecule has 1 aromatic carbocycles. The van der Waals surface area contributed by atoms with Crippen molar-refractivity contribution in [3.8, 4) is 0 Å². The molecule has 0 unspecified atom stereocenters. The highest BCUT2D eigenvalue weighted by atomic mass is 16.5. The summed E-state index contributed by atoms with van der Waals surface area (Å²) < 4.78 is 5.20. The maximum Gasteiger partial charge on any atom is 0.307 e. The quantitative estimate of drug-likeness (QED) is 0.801. The molecule has 1 heterocycles. The van der Waals surface area contributed by atoms with Crippen LogP contribution in [0.4, 0.5) is 0 Å². The molecule has 1 saturated heterocycles. The van der Waals surface area contributed by atoms with E-state index in [9.17, 15) is 4.79 Å². The van der Waals surface area contributed by atoms with E-state index < -0.39 is 5.97 Å². The fraction of sp³-hybridized carbons (Fsp3) is 0.500. The lowest BCUT2D eigenvalue weighted by atomic mass is 9.89. The highest BCUT2D eigenvalue weighted by Gasteiger charge is 2.32. The lowest BCUT2D eigenvalue weighted by Gasteiger charge is -2.38. The summed E-state index contributed by atoms with van der Waals surface area (Å²) in [4.78, 5) is 10.6. The van der Waals surface area contributed by atoms with Gasteiger partial charge in [0.1, 0.15) is 0 Å². The second-order valence-corrected chi connectivity index (χ2v) is 5.29. The molecule has 0 saturated carbocycles. The summed E-state index contributed by atoms with van der Waals surface area (Å²) in [5, 5.41) is 12.1. The van der Waals surface area contributed by atoms with Crippen LogP contribution >= 0.6 is 0 Å². The third-order valence-corrected chi connectivity index (χ3v) is 3.16. The monoisotopic (exact) mass is 249 g/mol. The van der Waals surface area contributed by atoms with Gasteiger partial charge < -0.3 is 15.2 Å². The zero-order valence-electron chi connectivity index (χ0n) is 10.6. The Labute approximate surface area is 107 Å². The van der Waals surface area contributed by atoms with E-state index >= 15 is 0 Å². The molecule has 0 radical (unpaired) electrons. The van der Waals surface area contributed by atoms with Gasteiger partial charge in [0.15, 0.2) is 0 Å². The van der Waals surface area contributed by atoms with Crippen molar-refractivity contribution < 1.29 is 14.6 Å². The molecule has 0 amide bonds. The van der Waals surface area contributed by atoms with E-state index in [2.05, 4.69) is 12.2 Å². The van der Waals surface area contributed by atoms with Crippen molar-refractivity contribution >= 4 is 5.97 Å². The summed E-state index contributed by atoms with van der Waals surface area (Å²) in [6, 6.07) is 7.70. The Hall–Kier alpha value is -1.39. The van der Waals surface area contributed by atoms with Crippen LogP contribution in [0.25, 0.3) is 0 Å². The average molecular weight is 249 g/mol. The molecule has 1 aromatic rings. The largest absolute Gasteiger partial charge is 0.481 e. The van der Waals surface area contributed by atoms with Gasteiger partial charge in [-0.25, -0.2) is 0 Å². The molecule has 18 heavy (non-hydrogen) atoms. The third-order valence-electron chi connectivity index (χ3n) is 3.16. The lowest BCUT2D eigenvalue weighted by molar-refractivity contribution is -0.136. The zero-order chi connectivity index (χ0) is 13.0. The van der Waals surface area contributed by atoms with Gasteiger partial charge in [0.25, 0.3) is 0 Å². The Morgan fingerprint density at radius 2 is 1.94 bits per heavy atom. The van der Waals surface area contributed by atoms with Gasteiger partial charge in [-0.3, -0.25) is 4.79 Å². The molecule has 1 fully saturated rings. The highest BCUT2D eigenvalue weighted by molar-refractivity contribution is 5.70. The van der Waals surface area contributed by atoms with E-state index in [0.29, 0.717) is 0 Å². The van der Waals surface area contributed by atoms with Crippen molar-refractivity contribution in [1.29, 1.82) is 0 Å². The average Bonchev–Trinajstić information content (AvgIpc) is 2.28. The van der Waals surface area contributed by atoms with Crippen molar-refractivity contribution in [1.82, 2.24) is 5.32 Å². The van der Waals surface area contributed by atoms with Crippen molar-refractivity contribution in [2.24, 2.45) is 5.41 Å². The summed E-state index contributed by atoms with van der Waals surface area (Å²) in [5.74, 6) is -0.793. The van der Waals surface area contributed by atoms with Crippen molar-refractivity contribution in [2.75, 3.05) is 19.8 Å². The molecule has 0 spiro atoms. The van der Waals surface area contributed by atoms with Crippen LogP contribution in [0.3, 0.4) is 0 Å². The number of rotatable bonds is 6. The summed E-state index contributed by atoms with van der Waals surface area (Å²) in [6.45, 7) is 5.63. The Morgan fingerprint density at radius 3 is 2.44 bits per heavy atom. The molecule has 2 N–H and O–H groups in total. The van der Waals surface area contributed by atoms with E-state index in [1.54, 1.807) is 0 Å². The lowest BCUT2D eigenvalue weighted by Crippen LogP contribution is -2.47. The maximum atomic E-state index is 10.6. The second kappa shape index (κ2) is 5.50. The highest BCUT2D eigenvalue weighted by Crippen LogP contribution is 2.25. The fourth-order valence-electron chi connectivity index (χ4n) is 2.01. The molecular formula is C14H19NO3. The van der Waals surface area contributed by atoms with Gasteiger partial charge in [0.2, 0.25) is 0 Å². The zero-order valence-corrected chi connectivity index (χ0v) is 10.6. The van der Waals surface area contributed by atoms with Crippen molar-refractivity contribution in [3.63, 3.8) is 0 Å². The fourth-order valence-corrected chi connectivity index (χ4v) is 2.01. The van der Waals surface area contributed by atoms with Gasteiger partial charge in [0.05, 0.1) is 19.6 Å². The van der Waals surface area contributed by atoms with Crippen LogP contribution in [0.2, 0.25) is 0 Å². The number of carbonyl (C=O) groups is 1. The number of hydrogen-bond donors (Lipinski definition) is 2. The maximum absolute atomic E-state index is 10.6. The van der Waals surface area contributed by atoms with Gasteiger partial charge in [-0.1, -0.05) is 31.2 Å². The van der Waals surface area contributed by atoms with E-state index in [1.807, 2.05) is 24.3 Å². The summed E-state index contributed by atoms with van der Waals surface area (Å²) in [7, 11) is 0.